The Morgan fingerprint density at radius 1 is 1.12 bits per heavy atom. The summed E-state index contributed by atoms with van der Waals surface area (Å²) in [6.45, 7) is -0.213. The predicted octanol–water partition coefficient (Wildman–Crippen LogP) is 3.62. The molecule has 4 rings (SSSR count). The fourth-order valence-corrected chi connectivity index (χ4v) is 3.15. The van der Waals surface area contributed by atoms with Crippen molar-refractivity contribution in [3.05, 3.63) is 82.3 Å². The second-order valence-electron chi connectivity index (χ2n) is 6.69. The average Bonchev–Trinajstić information content (AvgIpc) is 3.54. The van der Waals surface area contributed by atoms with E-state index in [1.165, 1.54) is 61.9 Å². The number of rotatable bonds is 6. The summed E-state index contributed by atoms with van der Waals surface area (Å²) in [4.78, 5) is 49.8. The Bertz CT molecular complexity index is 1280. The van der Waals surface area contributed by atoms with Crippen LogP contribution in [0.15, 0.2) is 63.3 Å². The first-order valence-corrected chi connectivity index (χ1v) is 9.80. The number of hydrogen-bond donors (Lipinski definition) is 1. The number of benzene rings is 1. The summed E-state index contributed by atoms with van der Waals surface area (Å²) in [5.41, 5.74) is 0.205. The molecule has 1 fully saturated rings. The van der Waals surface area contributed by atoms with Crippen LogP contribution in [0.4, 0.5) is 4.79 Å². The molecule has 3 amide bonds. The van der Waals surface area contributed by atoms with Crippen molar-refractivity contribution in [1.29, 1.82) is 0 Å². The van der Waals surface area contributed by atoms with Crippen LogP contribution in [-0.4, -0.2) is 35.9 Å². The SMILES string of the molecule is COC(=O)c1ccc(CN2C(=O)NC(=Cc3cc(Cl)ccc3OC(=O)c3ccco3)C2=O)o1. The molecule has 2 aromatic heterocycles. The topological polar surface area (TPSA) is 128 Å². The molecule has 0 spiro atoms. The van der Waals surface area contributed by atoms with Gasteiger partial charge in [-0.15, -0.1) is 0 Å². The zero-order valence-electron chi connectivity index (χ0n) is 17.0. The summed E-state index contributed by atoms with van der Waals surface area (Å²) < 4.78 is 20.2. The molecule has 10 nitrogen and oxygen atoms in total. The van der Waals surface area contributed by atoms with Crippen molar-refractivity contribution < 1.29 is 37.5 Å². The smallest absolute Gasteiger partial charge is 0.379 e. The van der Waals surface area contributed by atoms with Gasteiger partial charge in [-0.1, -0.05) is 11.6 Å². The van der Waals surface area contributed by atoms with Gasteiger partial charge >= 0.3 is 18.0 Å². The lowest BCUT2D eigenvalue weighted by atomic mass is 10.1. The monoisotopic (exact) mass is 470 g/mol. The van der Waals surface area contributed by atoms with E-state index in [0.29, 0.717) is 5.02 Å². The second-order valence-corrected chi connectivity index (χ2v) is 7.12. The zero-order valence-corrected chi connectivity index (χ0v) is 17.8. The van der Waals surface area contributed by atoms with E-state index in [2.05, 4.69) is 10.1 Å². The third kappa shape index (κ3) is 4.65. The zero-order chi connectivity index (χ0) is 23.5. The molecule has 3 aromatic rings. The molecule has 0 aliphatic carbocycles. The van der Waals surface area contributed by atoms with Gasteiger partial charge in [0.2, 0.25) is 11.5 Å². The fraction of sp³-hybridized carbons (Fsp3) is 0.0909. The minimum absolute atomic E-state index is 0.00949. The lowest BCUT2D eigenvalue weighted by molar-refractivity contribution is -0.123. The minimum Gasteiger partial charge on any atom is -0.463 e. The number of methoxy groups -OCH3 is 1. The predicted molar refractivity (Wildman–Crippen MR) is 112 cm³/mol. The molecule has 1 N–H and O–H groups in total. The van der Waals surface area contributed by atoms with Gasteiger partial charge in [0, 0.05) is 10.6 Å². The van der Waals surface area contributed by atoms with E-state index in [4.69, 9.17) is 25.2 Å². The molecule has 33 heavy (non-hydrogen) atoms. The van der Waals surface area contributed by atoms with Crippen LogP contribution in [0, 0.1) is 0 Å². The number of nitrogens with one attached hydrogen (secondary N) is 1. The Labute approximate surface area is 191 Å². The van der Waals surface area contributed by atoms with Crippen LogP contribution in [0.25, 0.3) is 6.08 Å². The summed E-state index contributed by atoms with van der Waals surface area (Å²) in [6.07, 6.45) is 2.66. The highest BCUT2D eigenvalue weighted by Crippen LogP contribution is 2.27. The number of hydrogen-bond acceptors (Lipinski definition) is 8. The van der Waals surface area contributed by atoms with E-state index in [0.717, 1.165) is 4.90 Å². The summed E-state index contributed by atoms with van der Waals surface area (Å²) in [5, 5.41) is 2.77. The highest BCUT2D eigenvalue weighted by atomic mass is 35.5. The molecule has 0 unspecified atom stereocenters. The number of ether oxygens (including phenoxy) is 2. The summed E-state index contributed by atoms with van der Waals surface area (Å²) in [6, 6.07) is 9.54. The molecule has 1 aliphatic rings. The molecular weight excluding hydrogens is 456 g/mol. The molecule has 0 radical (unpaired) electrons. The van der Waals surface area contributed by atoms with Crippen LogP contribution >= 0.6 is 11.6 Å². The fourth-order valence-electron chi connectivity index (χ4n) is 2.97. The molecule has 1 saturated heterocycles. The van der Waals surface area contributed by atoms with Crippen molar-refractivity contribution in [2.45, 2.75) is 6.54 Å². The van der Waals surface area contributed by atoms with Crippen molar-refractivity contribution >= 4 is 41.6 Å². The van der Waals surface area contributed by atoms with E-state index < -0.39 is 23.9 Å². The van der Waals surface area contributed by atoms with Gasteiger partial charge in [-0.3, -0.25) is 9.69 Å². The minimum atomic E-state index is -0.746. The standard InChI is InChI=1S/C22H15ClN2O8/c1-30-20(27)18-7-5-14(32-18)11-25-19(26)15(24-22(25)29)10-12-9-13(23)4-6-16(12)33-21(28)17-3-2-8-31-17/h2-10H,11H2,1H3,(H,24,29). The number of carbonyl (C=O) groups is 4. The van der Waals surface area contributed by atoms with Crippen molar-refractivity contribution in [3.63, 3.8) is 0 Å². The Balaban J connectivity index is 1.56. The molecule has 3 heterocycles. The molecular formula is C22H15ClN2O8. The maximum atomic E-state index is 12.8. The van der Waals surface area contributed by atoms with Crippen LogP contribution in [0.2, 0.25) is 5.02 Å². The van der Waals surface area contributed by atoms with Crippen LogP contribution in [0.3, 0.4) is 0 Å². The van der Waals surface area contributed by atoms with Gasteiger partial charge in [-0.05, 0) is 48.5 Å². The van der Waals surface area contributed by atoms with Gasteiger partial charge in [-0.25, -0.2) is 14.4 Å². The van der Waals surface area contributed by atoms with Gasteiger partial charge in [0.1, 0.15) is 17.2 Å². The molecule has 11 heteroatoms. The van der Waals surface area contributed by atoms with Gasteiger partial charge in [-0.2, -0.15) is 0 Å². The van der Waals surface area contributed by atoms with E-state index in [-0.39, 0.29) is 40.8 Å². The Morgan fingerprint density at radius 2 is 1.94 bits per heavy atom. The highest BCUT2D eigenvalue weighted by molar-refractivity contribution is 6.30. The Hall–Kier alpha value is -4.31. The molecule has 1 aliphatic heterocycles. The van der Waals surface area contributed by atoms with Gasteiger partial charge in [0.25, 0.3) is 5.91 Å². The number of amides is 3. The summed E-state index contributed by atoms with van der Waals surface area (Å²) in [7, 11) is 1.20. The number of imide groups is 1. The molecule has 168 valence electrons. The van der Waals surface area contributed by atoms with E-state index >= 15 is 0 Å². The Morgan fingerprint density at radius 3 is 2.67 bits per heavy atom. The van der Waals surface area contributed by atoms with E-state index in [1.807, 2.05) is 0 Å². The van der Waals surface area contributed by atoms with Crippen LogP contribution in [0.5, 0.6) is 5.75 Å². The third-order valence-electron chi connectivity index (χ3n) is 4.52. The van der Waals surface area contributed by atoms with Crippen molar-refractivity contribution in [2.24, 2.45) is 0 Å². The van der Waals surface area contributed by atoms with E-state index in [1.54, 1.807) is 0 Å². The van der Waals surface area contributed by atoms with Gasteiger partial charge in [0.05, 0.1) is 19.9 Å². The lowest BCUT2D eigenvalue weighted by Gasteiger charge is -2.09. The first kappa shape index (κ1) is 21.9. The summed E-state index contributed by atoms with van der Waals surface area (Å²) >= 11 is 6.06. The average molecular weight is 471 g/mol. The molecule has 0 saturated carbocycles. The van der Waals surface area contributed by atoms with Crippen LogP contribution < -0.4 is 10.1 Å². The van der Waals surface area contributed by atoms with Crippen molar-refractivity contribution in [2.75, 3.05) is 7.11 Å². The molecule has 1 aromatic carbocycles. The lowest BCUT2D eigenvalue weighted by Crippen LogP contribution is -2.30. The van der Waals surface area contributed by atoms with Crippen molar-refractivity contribution in [3.8, 4) is 5.75 Å². The number of nitrogens with zero attached hydrogens (tertiary/aromatic N) is 1. The maximum absolute atomic E-state index is 12.8. The van der Waals surface area contributed by atoms with E-state index in [9.17, 15) is 19.2 Å². The highest BCUT2D eigenvalue weighted by Gasteiger charge is 2.34. The van der Waals surface area contributed by atoms with Crippen LogP contribution in [0.1, 0.15) is 32.4 Å². The Kier molecular flexibility index (Phi) is 6.01. The van der Waals surface area contributed by atoms with Gasteiger partial charge in [0.15, 0.2) is 0 Å². The number of urea groups is 1. The third-order valence-corrected chi connectivity index (χ3v) is 4.76. The largest absolute Gasteiger partial charge is 0.463 e. The molecule has 0 bridgehead atoms. The maximum Gasteiger partial charge on any atom is 0.379 e. The van der Waals surface area contributed by atoms with Gasteiger partial charge < -0.3 is 23.6 Å². The first-order valence-electron chi connectivity index (χ1n) is 9.42. The second kappa shape index (κ2) is 9.05. The summed E-state index contributed by atoms with van der Waals surface area (Å²) in [5.74, 6) is -1.85. The number of furan rings is 2. The van der Waals surface area contributed by atoms with Crippen molar-refractivity contribution in [1.82, 2.24) is 10.2 Å². The molecule has 0 atom stereocenters. The quantitative estimate of drug-likeness (QED) is 0.250. The number of esters is 2. The van der Waals surface area contributed by atoms with Crippen LogP contribution in [-0.2, 0) is 16.1 Å². The number of carbonyl (C=O) groups excluding carboxylic acids is 4. The normalized spacial score (nSPS) is 14.5. The first-order chi connectivity index (χ1) is 15.9. The number of halogens is 1.